The molecule has 2 aliphatic rings. The molecule has 0 saturated carbocycles. The molecule has 0 aliphatic carbocycles. The van der Waals surface area contributed by atoms with Crippen LogP contribution in [0.5, 0.6) is 11.5 Å². The number of nitrogens with zero attached hydrogens (tertiary/aromatic N) is 2. The maximum atomic E-state index is 13.8. The average molecular weight is 615 g/mol. The highest BCUT2D eigenvalue weighted by Crippen LogP contribution is 2.51. The Labute approximate surface area is 242 Å². The predicted molar refractivity (Wildman–Crippen MR) is 147 cm³/mol. The maximum Gasteiger partial charge on any atom is 0.264 e. The van der Waals surface area contributed by atoms with Crippen LogP contribution in [0.25, 0.3) is 0 Å². The third-order valence-corrected chi connectivity index (χ3v) is 8.94. The Morgan fingerprint density at radius 1 is 0.737 bits per heavy atom. The molecular weight excluding hydrogens is 598 g/mol. The van der Waals surface area contributed by atoms with Crippen LogP contribution in [0.1, 0.15) is 37.9 Å². The van der Waals surface area contributed by atoms with Gasteiger partial charge >= 0.3 is 0 Å². The molecule has 38 heavy (non-hydrogen) atoms. The molecule has 7 nitrogen and oxygen atoms in total. The van der Waals surface area contributed by atoms with Gasteiger partial charge in [0.15, 0.2) is 0 Å². The largest absolute Gasteiger partial charge is 0.497 e. The standard InChI is InChI=1S/C26H17Cl5N2O5/c1-10-13(27)5-4-6-14(10)32-22(12-9-11(37-2)7-8-15(12)38-3)23(26(32)36)33-24(34)16-17(25(33)35)19(29)21(31)20(30)18(16)28/h4-9,22-23H,1-3H3/t22-,23+/m0/s1. The van der Waals surface area contributed by atoms with Crippen LogP contribution in [0.4, 0.5) is 5.69 Å². The first kappa shape index (κ1) is 26.9. The highest BCUT2D eigenvalue weighted by Gasteiger charge is 2.59. The molecule has 1 fully saturated rings. The Morgan fingerprint density at radius 3 is 1.89 bits per heavy atom. The number of anilines is 1. The van der Waals surface area contributed by atoms with E-state index in [1.54, 1.807) is 43.3 Å². The van der Waals surface area contributed by atoms with Gasteiger partial charge in [0.1, 0.15) is 17.5 Å². The van der Waals surface area contributed by atoms with Gasteiger partial charge in [-0.05, 0) is 42.8 Å². The van der Waals surface area contributed by atoms with E-state index in [-0.39, 0.29) is 31.2 Å². The molecule has 2 aliphatic heterocycles. The van der Waals surface area contributed by atoms with Crippen molar-refractivity contribution in [3.63, 3.8) is 0 Å². The number of methoxy groups -OCH3 is 2. The van der Waals surface area contributed by atoms with Crippen molar-refractivity contribution in [2.45, 2.75) is 19.0 Å². The minimum Gasteiger partial charge on any atom is -0.497 e. The van der Waals surface area contributed by atoms with Crippen molar-refractivity contribution in [2.24, 2.45) is 0 Å². The molecule has 3 amide bonds. The summed E-state index contributed by atoms with van der Waals surface area (Å²) in [6, 6.07) is 8.04. The first-order valence-corrected chi connectivity index (χ1v) is 13.0. The van der Waals surface area contributed by atoms with Crippen molar-refractivity contribution in [3.05, 3.63) is 83.8 Å². The molecule has 2 atom stereocenters. The topological polar surface area (TPSA) is 76.1 Å². The summed E-state index contributed by atoms with van der Waals surface area (Å²) in [5.41, 5.74) is 1.23. The van der Waals surface area contributed by atoms with Gasteiger partial charge in [0.25, 0.3) is 17.7 Å². The number of rotatable bonds is 5. The molecule has 5 rings (SSSR count). The van der Waals surface area contributed by atoms with Crippen LogP contribution in [-0.4, -0.2) is 42.9 Å². The summed E-state index contributed by atoms with van der Waals surface area (Å²) in [7, 11) is 2.97. The fourth-order valence-corrected chi connectivity index (χ4v) is 6.03. The lowest BCUT2D eigenvalue weighted by Gasteiger charge is -2.50. The second-order valence-electron chi connectivity index (χ2n) is 8.58. The van der Waals surface area contributed by atoms with Gasteiger partial charge in [-0.3, -0.25) is 24.2 Å². The molecule has 12 heteroatoms. The van der Waals surface area contributed by atoms with E-state index in [9.17, 15) is 14.4 Å². The minimum atomic E-state index is -1.27. The zero-order valence-corrected chi connectivity index (χ0v) is 23.7. The second kappa shape index (κ2) is 9.81. The SMILES string of the molecule is COc1ccc(OC)c([C@H]2[C@@H](N3C(=O)c4c(Cl)c(Cl)c(Cl)c(Cl)c4C3=O)C(=O)N2c2cccc(Cl)c2C)c1. The molecule has 0 radical (unpaired) electrons. The maximum absolute atomic E-state index is 13.8. The number of fused-ring (bicyclic) bond motifs is 1. The second-order valence-corrected chi connectivity index (χ2v) is 10.5. The monoisotopic (exact) mass is 612 g/mol. The van der Waals surface area contributed by atoms with Crippen LogP contribution in [0, 0.1) is 6.92 Å². The number of benzene rings is 3. The van der Waals surface area contributed by atoms with E-state index in [1.807, 2.05) is 0 Å². The summed E-state index contributed by atoms with van der Waals surface area (Å²) < 4.78 is 11.0. The lowest BCUT2D eigenvalue weighted by molar-refractivity contribution is -0.130. The predicted octanol–water partition coefficient (Wildman–Crippen LogP) is 7.03. The van der Waals surface area contributed by atoms with Crippen molar-refractivity contribution in [1.82, 2.24) is 4.90 Å². The molecule has 3 aromatic rings. The van der Waals surface area contributed by atoms with E-state index >= 15 is 0 Å². The number of hydrogen-bond donors (Lipinski definition) is 0. The number of carbonyl (C=O) groups excluding carboxylic acids is 3. The van der Waals surface area contributed by atoms with Gasteiger partial charge in [0, 0.05) is 16.3 Å². The van der Waals surface area contributed by atoms with Crippen LogP contribution < -0.4 is 14.4 Å². The van der Waals surface area contributed by atoms with Crippen molar-refractivity contribution >= 4 is 81.4 Å². The van der Waals surface area contributed by atoms with Gasteiger partial charge < -0.3 is 9.47 Å². The summed E-state index contributed by atoms with van der Waals surface area (Å²) in [6.07, 6.45) is 0. The number of amides is 3. The van der Waals surface area contributed by atoms with Crippen LogP contribution in [-0.2, 0) is 4.79 Å². The first-order chi connectivity index (χ1) is 18.0. The molecule has 1 saturated heterocycles. The van der Waals surface area contributed by atoms with E-state index < -0.39 is 29.8 Å². The Balaban J connectivity index is 1.71. The van der Waals surface area contributed by atoms with E-state index in [0.29, 0.717) is 33.3 Å². The number of β-lactam (4-membered cyclic amide) rings is 1. The lowest BCUT2D eigenvalue weighted by atomic mass is 9.85. The molecule has 0 bridgehead atoms. The molecule has 2 heterocycles. The third-order valence-electron chi connectivity index (χ3n) is 6.73. The fourth-order valence-electron chi connectivity index (χ4n) is 4.85. The summed E-state index contributed by atoms with van der Waals surface area (Å²) in [4.78, 5) is 43.5. The van der Waals surface area contributed by atoms with Crippen LogP contribution in [0.2, 0.25) is 25.1 Å². The number of imide groups is 1. The molecular formula is C26H17Cl5N2O5. The fraction of sp³-hybridized carbons (Fsp3) is 0.192. The summed E-state index contributed by atoms with van der Waals surface area (Å²) in [5.74, 6) is -1.26. The van der Waals surface area contributed by atoms with Crippen molar-refractivity contribution in [2.75, 3.05) is 19.1 Å². The Morgan fingerprint density at radius 2 is 1.34 bits per heavy atom. The van der Waals surface area contributed by atoms with E-state index in [0.717, 1.165) is 4.90 Å². The average Bonchev–Trinajstić information content (AvgIpc) is 3.16. The number of ether oxygens (including phenoxy) is 2. The molecule has 0 aromatic heterocycles. The molecule has 196 valence electrons. The number of halogens is 5. The highest BCUT2D eigenvalue weighted by molar-refractivity contribution is 6.55. The Bertz CT molecular complexity index is 1510. The first-order valence-electron chi connectivity index (χ1n) is 11.1. The van der Waals surface area contributed by atoms with Crippen LogP contribution >= 0.6 is 58.0 Å². The summed E-state index contributed by atoms with van der Waals surface area (Å²) in [6.45, 7) is 1.77. The minimum absolute atomic E-state index is 0.165. The van der Waals surface area contributed by atoms with Crippen molar-refractivity contribution in [1.29, 1.82) is 0 Å². The molecule has 0 N–H and O–H groups in total. The number of carbonyl (C=O) groups is 3. The Hall–Kier alpha value is -2.68. The number of hydrogen-bond acceptors (Lipinski definition) is 5. The van der Waals surface area contributed by atoms with Crippen molar-refractivity contribution < 1.29 is 23.9 Å². The van der Waals surface area contributed by atoms with Gasteiger partial charge in [0.2, 0.25) is 0 Å². The molecule has 0 unspecified atom stereocenters. The molecule has 3 aromatic carbocycles. The van der Waals surface area contributed by atoms with E-state index in [2.05, 4.69) is 0 Å². The van der Waals surface area contributed by atoms with Gasteiger partial charge in [-0.25, -0.2) is 0 Å². The smallest absolute Gasteiger partial charge is 0.264 e. The van der Waals surface area contributed by atoms with Crippen LogP contribution in [0.15, 0.2) is 36.4 Å². The van der Waals surface area contributed by atoms with Gasteiger partial charge in [-0.1, -0.05) is 64.1 Å². The summed E-state index contributed by atoms with van der Waals surface area (Å²) >= 11 is 31.4. The van der Waals surface area contributed by atoms with Crippen LogP contribution in [0.3, 0.4) is 0 Å². The van der Waals surface area contributed by atoms with E-state index in [1.165, 1.54) is 19.1 Å². The highest BCUT2D eigenvalue weighted by atomic mass is 35.5. The van der Waals surface area contributed by atoms with E-state index in [4.69, 9.17) is 67.5 Å². The van der Waals surface area contributed by atoms with Crippen molar-refractivity contribution in [3.8, 4) is 11.5 Å². The Kier molecular flexibility index (Phi) is 6.95. The normalized spacial score (nSPS) is 18.6. The third kappa shape index (κ3) is 3.75. The van der Waals surface area contributed by atoms with Gasteiger partial charge in [-0.15, -0.1) is 0 Å². The zero-order valence-electron chi connectivity index (χ0n) is 19.9. The quantitative estimate of drug-likeness (QED) is 0.134. The summed E-state index contributed by atoms with van der Waals surface area (Å²) in [5, 5.41) is -0.327. The lowest BCUT2D eigenvalue weighted by Crippen LogP contribution is -2.67. The van der Waals surface area contributed by atoms with Gasteiger partial charge in [0.05, 0.1) is 51.5 Å². The van der Waals surface area contributed by atoms with Gasteiger partial charge in [-0.2, -0.15) is 0 Å². The molecule has 0 spiro atoms. The zero-order chi connectivity index (χ0) is 27.6.